The summed E-state index contributed by atoms with van der Waals surface area (Å²) in [6.45, 7) is 5.08. The summed E-state index contributed by atoms with van der Waals surface area (Å²) in [6.07, 6.45) is 3.42. The first-order chi connectivity index (χ1) is 13.7. The molecule has 3 aromatic heterocycles. The zero-order valence-corrected chi connectivity index (χ0v) is 16.3. The van der Waals surface area contributed by atoms with E-state index in [9.17, 15) is 4.79 Å². The molecule has 0 radical (unpaired) electrons. The zero-order chi connectivity index (χ0) is 19.3. The Bertz CT molecular complexity index is 933. The van der Waals surface area contributed by atoms with Crippen LogP contribution in [0.5, 0.6) is 0 Å². The lowest BCUT2D eigenvalue weighted by atomic mass is 10.2. The summed E-state index contributed by atoms with van der Waals surface area (Å²) >= 11 is 1.49. The average Bonchev–Trinajstić information content (AvgIpc) is 3.25. The van der Waals surface area contributed by atoms with Crippen molar-refractivity contribution < 1.29 is 4.79 Å². The Morgan fingerprint density at radius 1 is 1.29 bits per heavy atom. The molecule has 2 N–H and O–H groups in total. The molecule has 144 valence electrons. The van der Waals surface area contributed by atoms with E-state index in [0.717, 1.165) is 24.6 Å². The molecule has 1 amide bonds. The molecule has 0 aromatic carbocycles. The molecule has 4 heterocycles. The van der Waals surface area contributed by atoms with Gasteiger partial charge in [0.05, 0.1) is 6.54 Å². The molecule has 8 nitrogen and oxygen atoms in total. The molecule has 1 fully saturated rings. The van der Waals surface area contributed by atoms with Crippen molar-refractivity contribution in [2.45, 2.75) is 13.0 Å². The smallest absolute Gasteiger partial charge is 0.239 e. The van der Waals surface area contributed by atoms with E-state index < -0.39 is 0 Å². The monoisotopic (exact) mass is 395 g/mol. The molecule has 1 aliphatic heterocycles. The Morgan fingerprint density at radius 3 is 2.96 bits per heavy atom. The van der Waals surface area contributed by atoms with Gasteiger partial charge in [-0.25, -0.2) is 15.0 Å². The highest BCUT2D eigenvalue weighted by atomic mass is 32.1. The minimum absolute atomic E-state index is 0.0930. The van der Waals surface area contributed by atoms with Crippen molar-refractivity contribution in [3.63, 3.8) is 0 Å². The topological polar surface area (TPSA) is 95.9 Å². The number of rotatable bonds is 5. The molecule has 3 aromatic rings. The fraction of sp³-hybridized carbons (Fsp3) is 0.316. The summed E-state index contributed by atoms with van der Waals surface area (Å²) in [5.41, 5.74) is 1.31. The van der Waals surface area contributed by atoms with Crippen LogP contribution in [0.4, 0.5) is 5.82 Å². The number of carbonyl (C=O) groups is 1. The maximum absolute atomic E-state index is 12.6. The van der Waals surface area contributed by atoms with Gasteiger partial charge in [-0.2, -0.15) is 0 Å². The summed E-state index contributed by atoms with van der Waals surface area (Å²) in [7, 11) is 0. The Morgan fingerprint density at radius 2 is 2.21 bits per heavy atom. The molecular weight excluding hydrogens is 374 g/mol. The van der Waals surface area contributed by atoms with Crippen LogP contribution in [0.15, 0.2) is 42.0 Å². The summed E-state index contributed by atoms with van der Waals surface area (Å²) in [6, 6.07) is 7.64. The summed E-state index contributed by atoms with van der Waals surface area (Å²) in [4.78, 5) is 32.5. The second-order valence-corrected chi connectivity index (χ2v) is 7.48. The summed E-state index contributed by atoms with van der Waals surface area (Å²) in [5.74, 6) is 0.817. The molecule has 0 unspecified atom stereocenters. The van der Waals surface area contributed by atoms with Crippen molar-refractivity contribution in [1.82, 2.24) is 30.2 Å². The predicted octanol–water partition coefficient (Wildman–Crippen LogP) is 1.89. The van der Waals surface area contributed by atoms with E-state index in [1.165, 1.54) is 11.3 Å². The van der Waals surface area contributed by atoms with Crippen molar-refractivity contribution in [3.05, 3.63) is 42.0 Å². The third-order valence-electron chi connectivity index (χ3n) is 4.52. The average molecular weight is 395 g/mol. The number of pyridine rings is 1. The van der Waals surface area contributed by atoms with E-state index in [1.807, 2.05) is 23.6 Å². The quantitative estimate of drug-likeness (QED) is 0.681. The van der Waals surface area contributed by atoms with Crippen LogP contribution in [-0.4, -0.2) is 63.0 Å². The van der Waals surface area contributed by atoms with Gasteiger partial charge >= 0.3 is 0 Å². The van der Waals surface area contributed by atoms with Crippen LogP contribution < -0.4 is 10.6 Å². The highest BCUT2D eigenvalue weighted by molar-refractivity contribution is 7.13. The van der Waals surface area contributed by atoms with Crippen LogP contribution in [0, 0.1) is 0 Å². The lowest BCUT2D eigenvalue weighted by Gasteiger charge is -2.33. The van der Waals surface area contributed by atoms with Crippen LogP contribution in [0.2, 0.25) is 0 Å². The number of hydrogen-bond acceptors (Lipinski definition) is 8. The highest BCUT2D eigenvalue weighted by Gasteiger charge is 2.21. The van der Waals surface area contributed by atoms with E-state index in [1.54, 1.807) is 18.5 Å². The van der Waals surface area contributed by atoms with Crippen molar-refractivity contribution in [2.24, 2.45) is 0 Å². The molecule has 28 heavy (non-hydrogen) atoms. The van der Waals surface area contributed by atoms with Gasteiger partial charge in [-0.1, -0.05) is 6.07 Å². The normalized spacial score (nSPS) is 17.4. The van der Waals surface area contributed by atoms with E-state index in [2.05, 4.69) is 42.4 Å². The highest BCUT2D eigenvalue weighted by Crippen LogP contribution is 2.25. The second-order valence-electron chi connectivity index (χ2n) is 6.59. The molecule has 1 aliphatic rings. The second kappa shape index (κ2) is 8.51. The first-order valence-electron chi connectivity index (χ1n) is 9.14. The SMILES string of the molecule is C[C@@H]1CNCCN1CC(=O)Nc1cc(-c2nccs2)nc(-c2ccccn2)n1. The number of anilines is 1. The van der Waals surface area contributed by atoms with Crippen molar-refractivity contribution in [2.75, 3.05) is 31.5 Å². The minimum atomic E-state index is -0.0930. The first kappa shape index (κ1) is 18.6. The van der Waals surface area contributed by atoms with Crippen molar-refractivity contribution in [1.29, 1.82) is 0 Å². The van der Waals surface area contributed by atoms with Gasteiger partial charge in [-0.3, -0.25) is 14.7 Å². The van der Waals surface area contributed by atoms with Gasteiger partial charge in [0.2, 0.25) is 5.91 Å². The third kappa shape index (κ3) is 4.38. The zero-order valence-electron chi connectivity index (χ0n) is 15.5. The molecule has 4 rings (SSSR count). The van der Waals surface area contributed by atoms with Gasteiger partial charge in [-0.15, -0.1) is 11.3 Å². The number of thiazole rings is 1. The minimum Gasteiger partial charge on any atom is -0.314 e. The number of nitrogens with zero attached hydrogens (tertiary/aromatic N) is 5. The number of amides is 1. The predicted molar refractivity (Wildman–Crippen MR) is 109 cm³/mol. The Balaban J connectivity index is 1.59. The largest absolute Gasteiger partial charge is 0.314 e. The lowest BCUT2D eigenvalue weighted by Crippen LogP contribution is -2.52. The molecule has 1 saturated heterocycles. The van der Waals surface area contributed by atoms with Crippen LogP contribution >= 0.6 is 11.3 Å². The van der Waals surface area contributed by atoms with Gasteiger partial charge in [0.15, 0.2) is 5.82 Å². The fourth-order valence-electron chi connectivity index (χ4n) is 3.07. The summed E-state index contributed by atoms with van der Waals surface area (Å²) in [5, 5.41) is 8.91. The van der Waals surface area contributed by atoms with Gasteiger partial charge in [0, 0.05) is 49.5 Å². The standard InChI is InChI=1S/C19H21N7OS/c1-13-11-20-6-8-26(13)12-17(27)24-16-10-15(19-22-7-9-28-19)23-18(25-16)14-4-2-3-5-21-14/h2-5,7,9-10,13,20H,6,8,11-12H2,1H3,(H,23,24,25,27)/t13-/m1/s1. The number of hydrogen-bond donors (Lipinski definition) is 2. The third-order valence-corrected chi connectivity index (χ3v) is 5.32. The van der Waals surface area contributed by atoms with Gasteiger partial charge in [-0.05, 0) is 19.1 Å². The Hall–Kier alpha value is -2.75. The van der Waals surface area contributed by atoms with E-state index in [0.29, 0.717) is 35.6 Å². The molecule has 0 saturated carbocycles. The van der Waals surface area contributed by atoms with E-state index >= 15 is 0 Å². The number of nitrogens with one attached hydrogen (secondary N) is 2. The lowest BCUT2D eigenvalue weighted by molar-refractivity contribution is -0.118. The van der Waals surface area contributed by atoms with Crippen molar-refractivity contribution >= 4 is 23.1 Å². The van der Waals surface area contributed by atoms with Gasteiger partial charge in [0.25, 0.3) is 0 Å². The number of aromatic nitrogens is 4. The van der Waals surface area contributed by atoms with E-state index in [4.69, 9.17) is 0 Å². The number of piperazine rings is 1. The molecule has 0 spiro atoms. The molecular formula is C19H21N7OS. The molecule has 0 aliphatic carbocycles. The maximum Gasteiger partial charge on any atom is 0.239 e. The van der Waals surface area contributed by atoms with Crippen LogP contribution in [0.25, 0.3) is 22.2 Å². The fourth-order valence-corrected chi connectivity index (χ4v) is 3.66. The molecule has 1 atom stereocenters. The first-order valence-corrected chi connectivity index (χ1v) is 10.0. The number of carbonyl (C=O) groups excluding carboxylic acids is 1. The summed E-state index contributed by atoms with van der Waals surface area (Å²) < 4.78 is 0. The maximum atomic E-state index is 12.6. The van der Waals surface area contributed by atoms with Crippen molar-refractivity contribution in [3.8, 4) is 22.2 Å². The Labute approximate surface area is 167 Å². The molecule has 9 heteroatoms. The Kier molecular flexibility index (Phi) is 5.65. The van der Waals surface area contributed by atoms with Crippen LogP contribution in [0.3, 0.4) is 0 Å². The molecule has 0 bridgehead atoms. The van der Waals surface area contributed by atoms with Gasteiger partial charge < -0.3 is 10.6 Å². The van der Waals surface area contributed by atoms with Gasteiger partial charge in [0.1, 0.15) is 22.2 Å². The van der Waals surface area contributed by atoms with E-state index in [-0.39, 0.29) is 5.91 Å². The van der Waals surface area contributed by atoms with Crippen LogP contribution in [-0.2, 0) is 4.79 Å². The van der Waals surface area contributed by atoms with Crippen LogP contribution in [0.1, 0.15) is 6.92 Å².